The summed E-state index contributed by atoms with van der Waals surface area (Å²) in [7, 11) is 0. The molecule has 2 N–H and O–H groups in total. The van der Waals surface area contributed by atoms with Crippen LogP contribution in [0.25, 0.3) is 10.4 Å². The van der Waals surface area contributed by atoms with E-state index < -0.39 is 12.1 Å². The average molecular weight is 478 g/mol. The van der Waals surface area contributed by atoms with Crippen LogP contribution < -0.4 is 5.32 Å². The molecule has 2 amide bonds. The Morgan fingerprint density at radius 2 is 2.12 bits per heavy atom. The first-order valence-corrected chi connectivity index (χ1v) is 11.8. The lowest BCUT2D eigenvalue weighted by Crippen LogP contribution is -2.53. The van der Waals surface area contributed by atoms with Crippen LogP contribution in [0.15, 0.2) is 60.9 Å². The number of aromatic hydroxyl groups is 1. The zero-order valence-corrected chi connectivity index (χ0v) is 19.0. The number of benzene rings is 1. The third-order valence-corrected chi connectivity index (χ3v) is 7.26. The molecule has 2 fully saturated rings. The Bertz CT molecular complexity index is 1230. The summed E-state index contributed by atoms with van der Waals surface area (Å²) in [4.78, 5) is 46.0. The maximum absolute atomic E-state index is 13.6. The Kier molecular flexibility index (Phi) is 6.12. The molecule has 0 radical (unpaired) electrons. The lowest BCUT2D eigenvalue weighted by atomic mass is 10.0. The molecular formula is C25H23N3O5S. The first-order chi connectivity index (χ1) is 16.5. The van der Waals surface area contributed by atoms with Gasteiger partial charge in [-0.25, -0.2) is 0 Å². The molecule has 3 aromatic rings. The van der Waals surface area contributed by atoms with E-state index in [-0.39, 0.29) is 42.5 Å². The van der Waals surface area contributed by atoms with Crippen LogP contribution in [0.1, 0.15) is 21.7 Å². The van der Waals surface area contributed by atoms with Crippen molar-refractivity contribution in [1.82, 2.24) is 15.2 Å². The highest BCUT2D eigenvalue weighted by Gasteiger charge is 2.48. The smallest absolute Gasteiger partial charge is 0.262 e. The van der Waals surface area contributed by atoms with Crippen molar-refractivity contribution >= 4 is 28.9 Å². The molecule has 1 aromatic carbocycles. The Balaban J connectivity index is 1.38. The van der Waals surface area contributed by atoms with Crippen molar-refractivity contribution in [1.29, 1.82) is 0 Å². The first-order valence-electron chi connectivity index (χ1n) is 11.0. The van der Waals surface area contributed by atoms with E-state index in [0.717, 1.165) is 10.4 Å². The number of Topliss-reactive ketones (excluding diaryl/α,β-unsaturated/α-hetero) is 1. The molecule has 2 aliphatic rings. The van der Waals surface area contributed by atoms with Gasteiger partial charge >= 0.3 is 0 Å². The Labute approximate surface area is 200 Å². The second kappa shape index (κ2) is 9.36. The number of pyridine rings is 1. The van der Waals surface area contributed by atoms with Gasteiger partial charge in [-0.15, -0.1) is 11.3 Å². The number of fused-ring (bicyclic) bond motifs is 1. The topological polar surface area (TPSA) is 109 Å². The fraction of sp³-hybridized carbons (Fsp3) is 0.280. The lowest BCUT2D eigenvalue weighted by molar-refractivity contribution is -0.138. The minimum Gasteiger partial charge on any atom is -0.508 e. The number of nitrogens with one attached hydrogen (secondary N) is 1. The normalized spacial score (nSPS) is 20.2. The van der Waals surface area contributed by atoms with E-state index in [1.54, 1.807) is 42.7 Å². The zero-order chi connectivity index (χ0) is 23.7. The number of ether oxygens (including phenoxy) is 1. The summed E-state index contributed by atoms with van der Waals surface area (Å²) in [5.41, 5.74) is 1.60. The predicted molar refractivity (Wildman–Crippen MR) is 125 cm³/mol. The van der Waals surface area contributed by atoms with Crippen molar-refractivity contribution in [3.8, 4) is 16.2 Å². The lowest BCUT2D eigenvalue weighted by Gasteiger charge is -2.27. The first kappa shape index (κ1) is 22.2. The Morgan fingerprint density at radius 3 is 2.91 bits per heavy atom. The van der Waals surface area contributed by atoms with E-state index in [0.29, 0.717) is 23.4 Å². The Hall–Kier alpha value is -3.56. The van der Waals surface area contributed by atoms with Crippen LogP contribution in [0, 0.1) is 0 Å². The molecule has 174 valence electrons. The Morgan fingerprint density at radius 1 is 1.24 bits per heavy atom. The number of ketones is 1. The van der Waals surface area contributed by atoms with Crippen molar-refractivity contribution in [3.05, 3.63) is 71.4 Å². The number of thiophene rings is 1. The minimum absolute atomic E-state index is 0.00894. The van der Waals surface area contributed by atoms with Gasteiger partial charge in [0, 0.05) is 35.8 Å². The van der Waals surface area contributed by atoms with Crippen LogP contribution in [0.2, 0.25) is 0 Å². The quantitative estimate of drug-likeness (QED) is 0.565. The van der Waals surface area contributed by atoms with Crippen molar-refractivity contribution in [2.45, 2.75) is 31.0 Å². The van der Waals surface area contributed by atoms with Crippen LogP contribution in [-0.2, 0) is 20.7 Å². The fourth-order valence-electron chi connectivity index (χ4n) is 4.51. The van der Waals surface area contributed by atoms with Gasteiger partial charge < -0.3 is 20.1 Å². The summed E-state index contributed by atoms with van der Waals surface area (Å²) in [6.45, 7) is 0.408. The average Bonchev–Trinajstić information content (AvgIpc) is 3.57. The van der Waals surface area contributed by atoms with Crippen LogP contribution in [-0.4, -0.2) is 63.9 Å². The van der Waals surface area contributed by atoms with Crippen molar-refractivity contribution in [3.63, 3.8) is 0 Å². The van der Waals surface area contributed by atoms with Crippen LogP contribution in [0.3, 0.4) is 0 Å². The number of hydrogen-bond acceptors (Lipinski definition) is 7. The molecule has 2 saturated heterocycles. The number of aromatic nitrogens is 1. The number of hydrogen-bond donors (Lipinski definition) is 2. The number of amides is 2. The van der Waals surface area contributed by atoms with Gasteiger partial charge in [0.05, 0.1) is 11.0 Å². The molecule has 0 bridgehead atoms. The summed E-state index contributed by atoms with van der Waals surface area (Å²) in [5, 5.41) is 12.7. The van der Waals surface area contributed by atoms with Gasteiger partial charge in [-0.2, -0.15) is 0 Å². The summed E-state index contributed by atoms with van der Waals surface area (Å²) in [5.74, 6) is -0.733. The van der Waals surface area contributed by atoms with Gasteiger partial charge in [-0.05, 0) is 42.3 Å². The van der Waals surface area contributed by atoms with Crippen LogP contribution in [0.5, 0.6) is 5.75 Å². The standard InChI is InChI=1S/C25H23N3O5S/c29-17-5-1-3-15(11-17)12-18(25(32)28-10-8-20-23(28)19(30)14-33-20)27-24(31)22-7-6-21(34-22)16-4-2-9-26-13-16/h1-7,9,11,13,18,20,23,29H,8,10,12,14H2,(H,27,31). The fourth-order valence-corrected chi connectivity index (χ4v) is 5.41. The monoisotopic (exact) mass is 477 g/mol. The number of rotatable bonds is 6. The number of nitrogens with zero attached hydrogens (tertiary/aromatic N) is 2. The van der Waals surface area contributed by atoms with Gasteiger partial charge in [-0.1, -0.05) is 18.2 Å². The highest BCUT2D eigenvalue weighted by Crippen LogP contribution is 2.29. The molecular weight excluding hydrogens is 454 g/mol. The molecule has 3 atom stereocenters. The number of carbonyl (C=O) groups is 3. The van der Waals surface area contributed by atoms with Crippen molar-refractivity contribution < 1.29 is 24.2 Å². The third-order valence-electron chi connectivity index (χ3n) is 6.12. The van der Waals surface area contributed by atoms with Crippen LogP contribution >= 0.6 is 11.3 Å². The van der Waals surface area contributed by atoms with E-state index in [4.69, 9.17) is 4.74 Å². The van der Waals surface area contributed by atoms with E-state index in [9.17, 15) is 19.5 Å². The molecule has 4 heterocycles. The molecule has 9 heteroatoms. The summed E-state index contributed by atoms with van der Waals surface area (Å²) in [6, 6.07) is 12.4. The largest absolute Gasteiger partial charge is 0.508 e. The molecule has 0 saturated carbocycles. The van der Waals surface area contributed by atoms with Crippen molar-refractivity contribution in [2.24, 2.45) is 0 Å². The third kappa shape index (κ3) is 4.44. The molecule has 0 spiro atoms. The van der Waals surface area contributed by atoms with Gasteiger partial charge in [0.1, 0.15) is 24.4 Å². The van der Waals surface area contributed by atoms with Gasteiger partial charge in [0.15, 0.2) is 5.78 Å². The van der Waals surface area contributed by atoms with E-state index >= 15 is 0 Å². The maximum atomic E-state index is 13.6. The maximum Gasteiger partial charge on any atom is 0.262 e. The minimum atomic E-state index is -0.898. The molecule has 34 heavy (non-hydrogen) atoms. The van der Waals surface area contributed by atoms with Gasteiger partial charge in [0.2, 0.25) is 5.91 Å². The second-order valence-corrected chi connectivity index (χ2v) is 9.47. The predicted octanol–water partition coefficient (Wildman–Crippen LogP) is 2.43. The number of phenols is 1. The van der Waals surface area contributed by atoms with Gasteiger partial charge in [0.25, 0.3) is 5.91 Å². The van der Waals surface area contributed by atoms with E-state index in [2.05, 4.69) is 10.3 Å². The molecule has 2 aromatic heterocycles. The summed E-state index contributed by atoms with van der Waals surface area (Å²) in [6.07, 6.45) is 3.90. The summed E-state index contributed by atoms with van der Waals surface area (Å²) >= 11 is 1.31. The molecule has 2 aliphatic heterocycles. The van der Waals surface area contributed by atoms with E-state index in [1.165, 1.54) is 16.2 Å². The molecule has 5 rings (SSSR count). The van der Waals surface area contributed by atoms with E-state index in [1.807, 2.05) is 18.2 Å². The zero-order valence-electron chi connectivity index (χ0n) is 18.2. The highest BCUT2D eigenvalue weighted by molar-refractivity contribution is 7.17. The molecule has 3 unspecified atom stereocenters. The summed E-state index contributed by atoms with van der Waals surface area (Å²) < 4.78 is 5.51. The number of likely N-dealkylation sites (tertiary alicyclic amines) is 1. The highest BCUT2D eigenvalue weighted by atomic mass is 32.1. The van der Waals surface area contributed by atoms with Crippen LogP contribution in [0.4, 0.5) is 0 Å². The molecule has 0 aliphatic carbocycles. The number of carbonyl (C=O) groups excluding carboxylic acids is 3. The van der Waals surface area contributed by atoms with Crippen molar-refractivity contribution in [2.75, 3.05) is 13.2 Å². The number of phenolic OH excluding ortho intramolecular Hbond substituents is 1. The molecule has 8 nitrogen and oxygen atoms in total. The SMILES string of the molecule is O=C(NC(Cc1cccc(O)c1)C(=O)N1CCC2OCC(=O)C21)c1ccc(-c2cccnc2)s1. The van der Waals surface area contributed by atoms with Gasteiger partial charge in [-0.3, -0.25) is 19.4 Å². The second-order valence-electron chi connectivity index (χ2n) is 8.39.